The smallest absolute Gasteiger partial charge is 0.269 e. The average Bonchev–Trinajstić information content (AvgIpc) is 3.23. The fourth-order valence-electron chi connectivity index (χ4n) is 2.86. The van der Waals surface area contributed by atoms with E-state index in [2.05, 4.69) is 10.4 Å². The maximum absolute atomic E-state index is 12.5. The predicted octanol–water partition coefficient (Wildman–Crippen LogP) is 3.54. The molecule has 0 aliphatic heterocycles. The first-order valence-corrected chi connectivity index (χ1v) is 9.19. The highest BCUT2D eigenvalue weighted by Crippen LogP contribution is 2.16. The van der Waals surface area contributed by atoms with E-state index in [9.17, 15) is 14.9 Å². The fourth-order valence-corrected chi connectivity index (χ4v) is 2.86. The second-order valence-corrected chi connectivity index (χ2v) is 6.71. The highest BCUT2D eigenvalue weighted by atomic mass is 16.6. The van der Waals surface area contributed by atoms with Gasteiger partial charge in [0.05, 0.1) is 29.5 Å². The van der Waals surface area contributed by atoms with Crippen molar-refractivity contribution in [3.63, 3.8) is 0 Å². The Labute approximate surface area is 168 Å². The molecule has 0 radical (unpaired) electrons. The fraction of sp³-hybridized carbons (Fsp3) is 0.238. The van der Waals surface area contributed by atoms with Gasteiger partial charge in [0.25, 0.3) is 11.6 Å². The molecule has 0 aliphatic carbocycles. The molecule has 150 valence electrons. The zero-order valence-corrected chi connectivity index (χ0v) is 16.2. The number of aromatic nitrogens is 2. The highest BCUT2D eigenvalue weighted by Gasteiger charge is 2.13. The number of hydrogen-bond acceptors (Lipinski definition) is 5. The third-order valence-corrected chi connectivity index (χ3v) is 4.57. The van der Waals surface area contributed by atoms with E-state index in [0.29, 0.717) is 11.3 Å². The van der Waals surface area contributed by atoms with E-state index in [-0.39, 0.29) is 17.6 Å². The molecule has 2 aromatic carbocycles. The van der Waals surface area contributed by atoms with Crippen molar-refractivity contribution in [3.05, 3.63) is 82.2 Å². The van der Waals surface area contributed by atoms with E-state index in [1.807, 2.05) is 31.2 Å². The Balaban J connectivity index is 1.55. The van der Waals surface area contributed by atoms with Crippen molar-refractivity contribution in [2.24, 2.45) is 0 Å². The molecule has 8 nitrogen and oxygen atoms in total. The van der Waals surface area contributed by atoms with Gasteiger partial charge in [-0.1, -0.05) is 12.1 Å². The number of benzene rings is 2. The van der Waals surface area contributed by atoms with Gasteiger partial charge in [0.15, 0.2) is 0 Å². The van der Waals surface area contributed by atoms with E-state index >= 15 is 0 Å². The molecular formula is C21H22N4O4. The van der Waals surface area contributed by atoms with Crippen LogP contribution in [-0.2, 0) is 6.42 Å². The van der Waals surface area contributed by atoms with Gasteiger partial charge < -0.3 is 10.1 Å². The summed E-state index contributed by atoms with van der Waals surface area (Å²) in [6, 6.07) is 13.8. The minimum Gasteiger partial charge on any atom is -0.497 e. The predicted molar refractivity (Wildman–Crippen MR) is 108 cm³/mol. The van der Waals surface area contributed by atoms with Gasteiger partial charge in [-0.05, 0) is 49.6 Å². The number of rotatable bonds is 8. The average molecular weight is 394 g/mol. The van der Waals surface area contributed by atoms with Gasteiger partial charge in [-0.15, -0.1) is 0 Å². The summed E-state index contributed by atoms with van der Waals surface area (Å²) in [6.45, 7) is 1.96. The molecule has 3 rings (SSSR count). The van der Waals surface area contributed by atoms with E-state index in [1.54, 1.807) is 25.4 Å². The lowest BCUT2D eigenvalue weighted by Gasteiger charge is -2.13. The number of nitro groups is 1. The topological polar surface area (TPSA) is 99.3 Å². The van der Waals surface area contributed by atoms with Gasteiger partial charge in [-0.3, -0.25) is 14.9 Å². The number of methoxy groups -OCH3 is 1. The molecule has 0 bridgehead atoms. The second-order valence-electron chi connectivity index (χ2n) is 6.71. The number of carbonyl (C=O) groups is 1. The van der Waals surface area contributed by atoms with Gasteiger partial charge >= 0.3 is 0 Å². The van der Waals surface area contributed by atoms with Gasteiger partial charge in [0.2, 0.25) is 0 Å². The standard InChI is InChI=1S/C21H22N4O4/c1-15(3-4-16-5-11-20(29-2)12-6-16)23-21(26)17-13-22-24(14-17)18-7-9-19(10-8-18)25(27)28/h5-15H,3-4H2,1-2H3,(H,23,26). The number of amides is 1. The second kappa shape index (κ2) is 9.01. The lowest BCUT2D eigenvalue weighted by molar-refractivity contribution is -0.384. The third-order valence-electron chi connectivity index (χ3n) is 4.57. The summed E-state index contributed by atoms with van der Waals surface area (Å²) in [5, 5.41) is 17.9. The normalized spacial score (nSPS) is 11.7. The Hall–Kier alpha value is -3.68. The van der Waals surface area contributed by atoms with Crippen molar-refractivity contribution in [2.45, 2.75) is 25.8 Å². The maximum atomic E-state index is 12.5. The summed E-state index contributed by atoms with van der Waals surface area (Å²) in [5.41, 5.74) is 2.25. The molecule has 8 heteroatoms. The summed E-state index contributed by atoms with van der Waals surface area (Å²) in [7, 11) is 1.64. The molecule has 0 saturated heterocycles. The molecule has 1 unspecified atom stereocenters. The number of non-ortho nitro benzene ring substituents is 1. The first kappa shape index (κ1) is 20.1. The maximum Gasteiger partial charge on any atom is 0.269 e. The van der Waals surface area contributed by atoms with Gasteiger partial charge in [-0.2, -0.15) is 5.10 Å². The Morgan fingerprint density at radius 2 is 1.90 bits per heavy atom. The van der Waals surface area contributed by atoms with Crippen LogP contribution in [0.4, 0.5) is 5.69 Å². The third kappa shape index (κ3) is 5.19. The van der Waals surface area contributed by atoms with Crippen molar-refractivity contribution in [3.8, 4) is 11.4 Å². The van der Waals surface area contributed by atoms with Crippen LogP contribution in [-0.4, -0.2) is 33.8 Å². The monoisotopic (exact) mass is 394 g/mol. The van der Waals surface area contributed by atoms with Crippen molar-refractivity contribution in [2.75, 3.05) is 7.11 Å². The summed E-state index contributed by atoms with van der Waals surface area (Å²) in [4.78, 5) is 22.8. The molecule has 0 spiro atoms. The molecule has 1 atom stereocenters. The number of ether oxygens (including phenoxy) is 1. The zero-order chi connectivity index (χ0) is 20.8. The molecule has 0 saturated carbocycles. The van der Waals surface area contributed by atoms with Crippen LogP contribution in [0.3, 0.4) is 0 Å². The molecule has 3 aromatic rings. The van der Waals surface area contributed by atoms with Gasteiger partial charge in [-0.25, -0.2) is 4.68 Å². The minimum absolute atomic E-state index is 0.00422. The van der Waals surface area contributed by atoms with Gasteiger partial charge in [0.1, 0.15) is 5.75 Å². The number of nitrogens with zero attached hydrogens (tertiary/aromatic N) is 3. The van der Waals surface area contributed by atoms with Crippen molar-refractivity contribution in [1.29, 1.82) is 0 Å². The van der Waals surface area contributed by atoms with Crippen LogP contribution in [0.2, 0.25) is 0 Å². The minimum atomic E-state index is -0.459. The van der Waals surface area contributed by atoms with Crippen LogP contribution in [0.15, 0.2) is 60.9 Å². The first-order chi connectivity index (χ1) is 14.0. The van der Waals surface area contributed by atoms with Crippen molar-refractivity contribution >= 4 is 11.6 Å². The van der Waals surface area contributed by atoms with Crippen LogP contribution >= 0.6 is 0 Å². The molecule has 0 fully saturated rings. The molecule has 0 aliphatic rings. The van der Waals surface area contributed by atoms with Gasteiger partial charge in [0, 0.05) is 24.4 Å². The van der Waals surface area contributed by atoms with Crippen LogP contribution in [0.5, 0.6) is 5.75 Å². The summed E-state index contributed by atoms with van der Waals surface area (Å²) in [5.74, 6) is 0.612. The summed E-state index contributed by atoms with van der Waals surface area (Å²) < 4.78 is 6.67. The number of nitro benzene ring substituents is 1. The quantitative estimate of drug-likeness (QED) is 0.465. The Morgan fingerprint density at radius 1 is 1.21 bits per heavy atom. The van der Waals surface area contributed by atoms with Crippen LogP contribution < -0.4 is 10.1 Å². The number of nitrogens with one attached hydrogen (secondary N) is 1. The van der Waals surface area contributed by atoms with Crippen molar-refractivity contribution < 1.29 is 14.5 Å². The lowest BCUT2D eigenvalue weighted by Crippen LogP contribution is -2.32. The van der Waals surface area contributed by atoms with Crippen LogP contribution in [0.1, 0.15) is 29.3 Å². The largest absolute Gasteiger partial charge is 0.497 e. The zero-order valence-electron chi connectivity index (χ0n) is 16.2. The molecule has 29 heavy (non-hydrogen) atoms. The van der Waals surface area contributed by atoms with Crippen LogP contribution in [0, 0.1) is 10.1 Å². The molecule has 1 amide bonds. The molecule has 1 aromatic heterocycles. The van der Waals surface area contributed by atoms with E-state index in [4.69, 9.17) is 4.74 Å². The molecule has 1 heterocycles. The molecular weight excluding hydrogens is 372 g/mol. The van der Waals surface area contributed by atoms with E-state index in [0.717, 1.165) is 18.6 Å². The SMILES string of the molecule is COc1ccc(CCC(C)NC(=O)c2cnn(-c3ccc([N+](=O)[O-])cc3)c2)cc1. The van der Waals surface area contributed by atoms with Crippen LogP contribution in [0.25, 0.3) is 5.69 Å². The highest BCUT2D eigenvalue weighted by molar-refractivity contribution is 5.93. The van der Waals surface area contributed by atoms with E-state index < -0.39 is 4.92 Å². The number of aryl methyl sites for hydroxylation is 1. The Kier molecular flexibility index (Phi) is 6.23. The lowest BCUT2D eigenvalue weighted by atomic mass is 10.1. The first-order valence-electron chi connectivity index (χ1n) is 9.19. The molecule has 1 N–H and O–H groups in total. The van der Waals surface area contributed by atoms with E-state index in [1.165, 1.54) is 28.6 Å². The summed E-state index contributed by atoms with van der Waals surface area (Å²) >= 11 is 0. The summed E-state index contributed by atoms with van der Waals surface area (Å²) in [6.07, 6.45) is 4.72. The van der Waals surface area contributed by atoms with Crippen molar-refractivity contribution in [1.82, 2.24) is 15.1 Å². The number of carbonyl (C=O) groups excluding carboxylic acids is 1. The Morgan fingerprint density at radius 3 is 2.52 bits per heavy atom. The number of hydrogen-bond donors (Lipinski definition) is 1. The Bertz CT molecular complexity index is 981.